The number of hydrogen-bond donors (Lipinski definition) is 2. The molecule has 25 heavy (non-hydrogen) atoms. The van der Waals surface area contributed by atoms with E-state index in [-0.39, 0.29) is 12.3 Å². The first-order valence-corrected chi connectivity index (χ1v) is 7.59. The van der Waals surface area contributed by atoms with Crippen LogP contribution in [0.4, 0.5) is 5.69 Å². The molecular formula is C17H16N4O4. The summed E-state index contributed by atoms with van der Waals surface area (Å²) < 4.78 is 10.7. The highest BCUT2D eigenvalue weighted by Crippen LogP contribution is 2.23. The highest BCUT2D eigenvalue weighted by Gasteiger charge is 2.14. The zero-order chi connectivity index (χ0) is 17.8. The van der Waals surface area contributed by atoms with Gasteiger partial charge in [-0.25, -0.2) is 0 Å². The summed E-state index contributed by atoms with van der Waals surface area (Å²) in [6.45, 7) is 1.80. The summed E-state index contributed by atoms with van der Waals surface area (Å²) >= 11 is 0. The fourth-order valence-electron chi connectivity index (χ4n) is 2.23. The second kappa shape index (κ2) is 7.00. The molecular weight excluding hydrogens is 324 g/mol. The lowest BCUT2D eigenvalue weighted by molar-refractivity contribution is -0.116. The molecule has 0 unspecified atom stereocenters. The minimum atomic E-state index is -0.516. The molecule has 1 aromatic carbocycles. The summed E-state index contributed by atoms with van der Waals surface area (Å²) in [5.41, 5.74) is 6.86. The molecule has 128 valence electrons. The minimum absolute atomic E-state index is 0.184. The fourth-order valence-corrected chi connectivity index (χ4v) is 2.23. The first-order chi connectivity index (χ1) is 12.0. The Bertz CT molecular complexity index is 896. The number of carbonyl (C=O) groups excluding carboxylic acids is 2. The largest absolute Gasteiger partial charge is 0.469 e. The number of aryl methyl sites for hydroxylation is 2. The van der Waals surface area contributed by atoms with Gasteiger partial charge in [0.15, 0.2) is 0 Å². The molecule has 0 saturated carbocycles. The molecule has 2 aromatic heterocycles. The highest BCUT2D eigenvalue weighted by atomic mass is 16.4. The standard InChI is InChI=1S/C17H16N4O4/c1-10-13(8-9-24-10)17-21-20-15(25-17)7-6-14(22)19-12-4-2-11(3-5-12)16(18)23/h2-5,8-9H,6-7H2,1H3,(H2,18,23)(H,19,22). The molecule has 0 aliphatic rings. The van der Waals surface area contributed by atoms with Crippen molar-refractivity contribution in [2.75, 3.05) is 5.32 Å². The summed E-state index contributed by atoms with van der Waals surface area (Å²) in [5, 5.41) is 10.6. The number of anilines is 1. The van der Waals surface area contributed by atoms with Gasteiger partial charge in [-0.2, -0.15) is 0 Å². The molecule has 0 bridgehead atoms. The second-order valence-electron chi connectivity index (χ2n) is 5.38. The van der Waals surface area contributed by atoms with Crippen LogP contribution in [0, 0.1) is 6.92 Å². The summed E-state index contributed by atoms with van der Waals surface area (Å²) in [7, 11) is 0. The summed E-state index contributed by atoms with van der Waals surface area (Å²) in [6.07, 6.45) is 2.05. The molecule has 3 rings (SSSR count). The van der Waals surface area contributed by atoms with Gasteiger partial charge in [0.2, 0.25) is 17.7 Å². The van der Waals surface area contributed by atoms with Crippen molar-refractivity contribution < 1.29 is 18.4 Å². The SMILES string of the molecule is Cc1occc1-c1nnc(CCC(=O)Nc2ccc(C(N)=O)cc2)o1. The van der Waals surface area contributed by atoms with Crippen molar-refractivity contribution in [2.45, 2.75) is 19.8 Å². The molecule has 2 heterocycles. The Kier molecular flexibility index (Phi) is 4.60. The Labute approximate surface area is 143 Å². The van der Waals surface area contributed by atoms with Crippen molar-refractivity contribution in [1.29, 1.82) is 0 Å². The van der Waals surface area contributed by atoms with Crippen LogP contribution in [-0.2, 0) is 11.2 Å². The number of nitrogens with zero attached hydrogens (tertiary/aromatic N) is 2. The molecule has 3 N–H and O–H groups in total. The van der Waals surface area contributed by atoms with Crippen LogP contribution in [0.3, 0.4) is 0 Å². The van der Waals surface area contributed by atoms with Gasteiger partial charge in [-0.15, -0.1) is 10.2 Å². The maximum atomic E-state index is 12.0. The fraction of sp³-hybridized carbons (Fsp3) is 0.176. The number of hydrogen-bond acceptors (Lipinski definition) is 6. The third-order valence-electron chi connectivity index (χ3n) is 3.58. The Morgan fingerprint density at radius 1 is 1.16 bits per heavy atom. The van der Waals surface area contributed by atoms with Crippen molar-refractivity contribution in [2.24, 2.45) is 5.73 Å². The molecule has 8 heteroatoms. The lowest BCUT2D eigenvalue weighted by atomic mass is 10.2. The van der Waals surface area contributed by atoms with Gasteiger partial charge in [0.25, 0.3) is 5.89 Å². The third kappa shape index (κ3) is 3.92. The molecule has 0 atom stereocenters. The monoisotopic (exact) mass is 340 g/mol. The number of amides is 2. The van der Waals surface area contributed by atoms with Gasteiger partial charge in [-0.3, -0.25) is 9.59 Å². The first-order valence-electron chi connectivity index (χ1n) is 7.59. The van der Waals surface area contributed by atoms with E-state index in [1.165, 1.54) is 0 Å². The number of nitrogens with one attached hydrogen (secondary N) is 1. The van der Waals surface area contributed by atoms with Crippen LogP contribution in [0.5, 0.6) is 0 Å². The van der Waals surface area contributed by atoms with E-state index in [4.69, 9.17) is 14.6 Å². The summed E-state index contributed by atoms with van der Waals surface area (Å²) in [6, 6.07) is 8.08. The number of primary amides is 1. The van der Waals surface area contributed by atoms with Crippen molar-refractivity contribution in [3.8, 4) is 11.5 Å². The van der Waals surface area contributed by atoms with Gasteiger partial charge in [0.05, 0.1) is 11.8 Å². The Hall–Kier alpha value is -3.42. The number of aromatic nitrogens is 2. The number of benzene rings is 1. The smallest absolute Gasteiger partial charge is 0.251 e. The quantitative estimate of drug-likeness (QED) is 0.709. The van der Waals surface area contributed by atoms with Crippen molar-refractivity contribution >= 4 is 17.5 Å². The van der Waals surface area contributed by atoms with Gasteiger partial charge in [0, 0.05) is 24.1 Å². The molecule has 0 saturated heterocycles. The number of nitrogens with two attached hydrogens (primary N) is 1. The van der Waals surface area contributed by atoms with E-state index in [9.17, 15) is 9.59 Å². The van der Waals surface area contributed by atoms with Crippen LogP contribution in [0.25, 0.3) is 11.5 Å². The van der Waals surface area contributed by atoms with Crippen molar-refractivity contribution in [1.82, 2.24) is 10.2 Å². The topological polar surface area (TPSA) is 124 Å². The van der Waals surface area contributed by atoms with E-state index in [1.54, 1.807) is 43.5 Å². The maximum absolute atomic E-state index is 12.0. The van der Waals surface area contributed by atoms with Gasteiger partial charge in [0.1, 0.15) is 5.76 Å². The number of furan rings is 1. The van der Waals surface area contributed by atoms with E-state index in [0.717, 1.165) is 5.56 Å². The van der Waals surface area contributed by atoms with Gasteiger partial charge < -0.3 is 19.9 Å². The third-order valence-corrected chi connectivity index (χ3v) is 3.58. The predicted molar refractivity (Wildman–Crippen MR) is 88.6 cm³/mol. The minimum Gasteiger partial charge on any atom is -0.469 e. The molecule has 0 radical (unpaired) electrons. The van der Waals surface area contributed by atoms with E-state index >= 15 is 0 Å². The zero-order valence-electron chi connectivity index (χ0n) is 13.5. The normalized spacial score (nSPS) is 10.6. The number of rotatable bonds is 6. The molecule has 3 aromatic rings. The molecule has 0 aliphatic carbocycles. The van der Waals surface area contributed by atoms with Gasteiger partial charge >= 0.3 is 0 Å². The molecule has 0 aliphatic heterocycles. The lowest BCUT2D eigenvalue weighted by Gasteiger charge is -2.04. The van der Waals surface area contributed by atoms with E-state index in [0.29, 0.717) is 35.2 Å². The molecule has 0 spiro atoms. The van der Waals surface area contributed by atoms with E-state index in [2.05, 4.69) is 15.5 Å². The summed E-state index contributed by atoms with van der Waals surface area (Å²) in [5.74, 6) is 0.704. The zero-order valence-corrected chi connectivity index (χ0v) is 13.5. The molecule has 0 fully saturated rings. The van der Waals surface area contributed by atoms with Crippen LogP contribution in [0.2, 0.25) is 0 Å². The van der Waals surface area contributed by atoms with Crippen LogP contribution in [-0.4, -0.2) is 22.0 Å². The molecule has 8 nitrogen and oxygen atoms in total. The highest BCUT2D eigenvalue weighted by molar-refractivity contribution is 5.94. The van der Waals surface area contributed by atoms with E-state index < -0.39 is 5.91 Å². The van der Waals surface area contributed by atoms with Crippen LogP contribution in [0.1, 0.15) is 28.4 Å². The predicted octanol–water partition coefficient (Wildman–Crippen LogP) is 2.31. The maximum Gasteiger partial charge on any atom is 0.251 e. The first kappa shape index (κ1) is 16.4. The lowest BCUT2D eigenvalue weighted by Crippen LogP contribution is -2.13. The second-order valence-corrected chi connectivity index (χ2v) is 5.38. The summed E-state index contributed by atoms with van der Waals surface area (Å²) in [4.78, 5) is 23.0. The van der Waals surface area contributed by atoms with Gasteiger partial charge in [-0.05, 0) is 37.3 Å². The van der Waals surface area contributed by atoms with Crippen LogP contribution >= 0.6 is 0 Å². The average Bonchev–Trinajstić information content (AvgIpc) is 3.22. The number of carbonyl (C=O) groups is 2. The van der Waals surface area contributed by atoms with E-state index in [1.807, 2.05) is 0 Å². The Morgan fingerprint density at radius 2 is 1.92 bits per heavy atom. The van der Waals surface area contributed by atoms with Crippen molar-refractivity contribution in [3.63, 3.8) is 0 Å². The molecule has 2 amide bonds. The van der Waals surface area contributed by atoms with Crippen LogP contribution in [0.15, 0.2) is 45.4 Å². The van der Waals surface area contributed by atoms with Gasteiger partial charge in [-0.1, -0.05) is 0 Å². The Balaban J connectivity index is 1.55. The van der Waals surface area contributed by atoms with Crippen molar-refractivity contribution in [3.05, 3.63) is 53.8 Å². The Morgan fingerprint density at radius 3 is 2.56 bits per heavy atom. The average molecular weight is 340 g/mol. The van der Waals surface area contributed by atoms with Crippen LogP contribution < -0.4 is 11.1 Å².